The van der Waals surface area contributed by atoms with Crippen LogP contribution in [0.3, 0.4) is 0 Å². The number of hydrogen-bond donors (Lipinski definition) is 1. The first-order valence-electron chi connectivity index (χ1n) is 5.96. The van der Waals surface area contributed by atoms with Gasteiger partial charge in [0.25, 0.3) is 0 Å². The monoisotopic (exact) mass is 355 g/mol. The normalized spacial score (nSPS) is 10.2. The first-order chi connectivity index (χ1) is 8.79. The summed E-state index contributed by atoms with van der Waals surface area (Å²) in [5.74, 6) is 1.95. The molecule has 0 bridgehead atoms. The van der Waals surface area contributed by atoms with E-state index in [4.69, 9.17) is 5.41 Å². The third kappa shape index (κ3) is 5.21. The molecule has 0 radical (unpaired) electrons. The van der Waals surface area contributed by atoms with Crippen LogP contribution in [-0.4, -0.2) is 17.1 Å². The molecule has 1 N–H and O–H groups in total. The van der Waals surface area contributed by atoms with Crippen molar-refractivity contribution in [3.05, 3.63) is 48.0 Å². The summed E-state index contributed by atoms with van der Waals surface area (Å²) in [6.07, 6.45) is 2.97. The van der Waals surface area contributed by atoms with Gasteiger partial charge >= 0.3 is 0 Å². The van der Waals surface area contributed by atoms with Gasteiger partial charge in [-0.1, -0.05) is 42.5 Å². The van der Waals surface area contributed by atoms with Crippen LogP contribution in [0.2, 0.25) is 0 Å². The van der Waals surface area contributed by atoms with Gasteiger partial charge in [0.05, 0.1) is 5.04 Å². The predicted molar refractivity (Wildman–Crippen MR) is 96.3 cm³/mol. The van der Waals surface area contributed by atoms with Crippen molar-refractivity contribution in [3.63, 3.8) is 0 Å². The second kappa shape index (κ2) is 8.67. The highest BCUT2D eigenvalue weighted by atomic mass is 79.9. The first kappa shape index (κ1) is 16.6. The molecule has 2 aromatic rings. The number of benzene rings is 2. The molecule has 0 atom stereocenters. The van der Waals surface area contributed by atoms with Gasteiger partial charge in [0.1, 0.15) is 0 Å². The fourth-order valence-electron chi connectivity index (χ4n) is 1.77. The molecular weight excluding hydrogens is 338 g/mol. The van der Waals surface area contributed by atoms with Crippen molar-refractivity contribution < 1.29 is 0 Å². The predicted octanol–water partition coefficient (Wildman–Crippen LogP) is 5.38. The summed E-state index contributed by atoms with van der Waals surface area (Å²) in [5.41, 5.74) is 1.30. The van der Waals surface area contributed by atoms with Crippen LogP contribution in [0.15, 0.2) is 42.5 Å². The minimum absolute atomic E-state index is 0. The van der Waals surface area contributed by atoms with Crippen LogP contribution < -0.4 is 0 Å². The molecule has 0 aliphatic rings. The Labute approximate surface area is 133 Å². The SMILES string of the molecule is Br.CSCCC(=N)SCc1ccc2ccccc2c1. The smallest absolute Gasteiger partial charge is 0.0652 e. The Morgan fingerprint density at radius 1 is 1.11 bits per heavy atom. The van der Waals surface area contributed by atoms with Gasteiger partial charge in [0.15, 0.2) is 0 Å². The van der Waals surface area contributed by atoms with E-state index in [2.05, 4.69) is 48.7 Å². The summed E-state index contributed by atoms with van der Waals surface area (Å²) in [4.78, 5) is 0. The van der Waals surface area contributed by atoms with Crippen molar-refractivity contribution in [1.82, 2.24) is 0 Å². The summed E-state index contributed by atoms with van der Waals surface area (Å²) >= 11 is 3.45. The van der Waals surface area contributed by atoms with E-state index in [-0.39, 0.29) is 17.0 Å². The summed E-state index contributed by atoms with van der Waals surface area (Å²) in [5, 5.41) is 11.2. The Balaban J connectivity index is 0.00000180. The van der Waals surface area contributed by atoms with E-state index < -0.39 is 0 Å². The fourth-order valence-corrected chi connectivity index (χ4v) is 3.07. The maximum atomic E-state index is 7.85. The summed E-state index contributed by atoms with van der Waals surface area (Å²) in [6, 6.07) is 15.0. The van der Waals surface area contributed by atoms with Gasteiger partial charge in [-0.25, -0.2) is 0 Å². The second-order valence-electron chi connectivity index (χ2n) is 4.14. The molecule has 0 heterocycles. The molecule has 0 unspecified atom stereocenters. The second-order valence-corrected chi connectivity index (χ2v) is 6.19. The van der Waals surface area contributed by atoms with Crippen LogP contribution in [0.1, 0.15) is 12.0 Å². The van der Waals surface area contributed by atoms with Gasteiger partial charge in [-0.15, -0.1) is 28.7 Å². The number of fused-ring (bicyclic) bond motifs is 1. The fraction of sp³-hybridized carbons (Fsp3) is 0.267. The lowest BCUT2D eigenvalue weighted by Gasteiger charge is -2.05. The standard InChI is InChI=1S/C15H17NS2.BrH/c1-17-9-8-15(16)18-11-12-6-7-13-4-2-3-5-14(13)10-12;/h2-7,10,16H,8-9,11H2,1H3;1H. The molecule has 0 fully saturated rings. The summed E-state index contributed by atoms with van der Waals surface area (Å²) in [6.45, 7) is 0. The highest BCUT2D eigenvalue weighted by molar-refractivity contribution is 8.93. The maximum absolute atomic E-state index is 7.85. The van der Waals surface area contributed by atoms with Crippen LogP contribution in [0.4, 0.5) is 0 Å². The number of rotatable bonds is 5. The van der Waals surface area contributed by atoms with Gasteiger partial charge in [-0.3, -0.25) is 5.41 Å². The largest absolute Gasteiger partial charge is 0.298 e. The minimum atomic E-state index is 0. The highest BCUT2D eigenvalue weighted by Gasteiger charge is 2.00. The van der Waals surface area contributed by atoms with E-state index in [0.717, 1.165) is 23.0 Å². The molecule has 102 valence electrons. The Morgan fingerprint density at radius 2 is 1.84 bits per heavy atom. The number of thioether (sulfide) groups is 2. The molecule has 0 aliphatic carbocycles. The van der Waals surface area contributed by atoms with E-state index in [0.29, 0.717) is 0 Å². The number of halogens is 1. The van der Waals surface area contributed by atoms with E-state index in [1.54, 1.807) is 23.5 Å². The lowest BCUT2D eigenvalue weighted by atomic mass is 10.1. The van der Waals surface area contributed by atoms with E-state index >= 15 is 0 Å². The van der Waals surface area contributed by atoms with Crippen molar-refractivity contribution in [3.8, 4) is 0 Å². The quantitative estimate of drug-likeness (QED) is 0.574. The molecular formula is C15H18BrNS2. The Morgan fingerprint density at radius 3 is 2.58 bits per heavy atom. The van der Waals surface area contributed by atoms with Crippen molar-refractivity contribution in [2.24, 2.45) is 0 Å². The zero-order valence-corrected chi connectivity index (χ0v) is 14.2. The third-order valence-corrected chi connectivity index (χ3v) is 4.40. The molecule has 0 aromatic heterocycles. The molecule has 0 saturated heterocycles. The molecule has 0 aliphatic heterocycles. The number of nitrogens with one attached hydrogen (secondary N) is 1. The molecule has 0 saturated carbocycles. The molecule has 0 spiro atoms. The average Bonchev–Trinajstić information content (AvgIpc) is 2.42. The molecule has 1 nitrogen and oxygen atoms in total. The zero-order valence-electron chi connectivity index (χ0n) is 10.9. The topological polar surface area (TPSA) is 23.9 Å². The minimum Gasteiger partial charge on any atom is -0.298 e. The molecule has 2 rings (SSSR count). The van der Waals surface area contributed by atoms with Crippen LogP contribution in [-0.2, 0) is 5.75 Å². The molecule has 0 amide bonds. The maximum Gasteiger partial charge on any atom is 0.0652 e. The lowest BCUT2D eigenvalue weighted by Crippen LogP contribution is -1.93. The Bertz CT molecular complexity index is 542. The third-order valence-electron chi connectivity index (χ3n) is 2.76. The highest BCUT2D eigenvalue weighted by Crippen LogP contribution is 2.20. The van der Waals surface area contributed by atoms with Crippen molar-refractivity contribution in [2.45, 2.75) is 12.2 Å². The van der Waals surface area contributed by atoms with Crippen molar-refractivity contribution >= 4 is 56.3 Å². The van der Waals surface area contributed by atoms with Gasteiger partial charge in [0, 0.05) is 12.2 Å². The molecule has 2 aromatic carbocycles. The van der Waals surface area contributed by atoms with Gasteiger partial charge < -0.3 is 0 Å². The average molecular weight is 356 g/mol. The van der Waals surface area contributed by atoms with Crippen LogP contribution >= 0.6 is 40.5 Å². The lowest BCUT2D eigenvalue weighted by molar-refractivity contribution is 1.30. The van der Waals surface area contributed by atoms with Crippen LogP contribution in [0.25, 0.3) is 10.8 Å². The van der Waals surface area contributed by atoms with Gasteiger partial charge in [-0.2, -0.15) is 11.8 Å². The zero-order chi connectivity index (χ0) is 12.8. The number of hydrogen-bond acceptors (Lipinski definition) is 3. The Hall–Kier alpha value is -0.450. The van der Waals surface area contributed by atoms with Crippen molar-refractivity contribution in [2.75, 3.05) is 12.0 Å². The first-order valence-corrected chi connectivity index (χ1v) is 8.34. The van der Waals surface area contributed by atoms with E-state index in [9.17, 15) is 0 Å². The van der Waals surface area contributed by atoms with Crippen molar-refractivity contribution in [1.29, 1.82) is 5.41 Å². The van der Waals surface area contributed by atoms with E-state index in [1.165, 1.54) is 16.3 Å². The Kier molecular flexibility index (Phi) is 7.57. The summed E-state index contributed by atoms with van der Waals surface area (Å²) < 4.78 is 0. The van der Waals surface area contributed by atoms with Crippen LogP contribution in [0, 0.1) is 5.41 Å². The summed E-state index contributed by atoms with van der Waals surface area (Å²) in [7, 11) is 0. The molecule has 19 heavy (non-hydrogen) atoms. The molecule has 4 heteroatoms. The van der Waals surface area contributed by atoms with E-state index in [1.807, 2.05) is 0 Å². The van der Waals surface area contributed by atoms with Gasteiger partial charge in [0.2, 0.25) is 0 Å². The van der Waals surface area contributed by atoms with Gasteiger partial charge in [-0.05, 0) is 28.3 Å². The van der Waals surface area contributed by atoms with Crippen LogP contribution in [0.5, 0.6) is 0 Å².